The molecule has 1 N–H and O–H groups in total. The van der Waals surface area contributed by atoms with Crippen molar-refractivity contribution in [2.75, 3.05) is 7.11 Å². The Hall–Kier alpha value is -2.55. The summed E-state index contributed by atoms with van der Waals surface area (Å²) in [6.45, 7) is -0.210. The van der Waals surface area contributed by atoms with Crippen molar-refractivity contribution in [1.82, 2.24) is 0 Å². The summed E-state index contributed by atoms with van der Waals surface area (Å²) in [6.07, 6.45) is -5.53. The van der Waals surface area contributed by atoms with Crippen molar-refractivity contribution in [3.05, 3.63) is 69.8 Å². The number of rotatable bonds is 4. The molecule has 9 heteroatoms. The van der Waals surface area contributed by atoms with Gasteiger partial charge in [-0.3, -0.25) is 0 Å². The molecule has 0 spiro atoms. The molecule has 0 amide bonds. The molecule has 4 rings (SSSR count). The van der Waals surface area contributed by atoms with Crippen molar-refractivity contribution in [1.29, 1.82) is 0 Å². The topological polar surface area (TPSA) is 46.5 Å². The number of carbonyl (C=O) groups excluding carboxylic acids is 1. The summed E-state index contributed by atoms with van der Waals surface area (Å²) < 4.78 is 80.5. The largest absolute Gasteiger partial charge is 0.465 e. The summed E-state index contributed by atoms with van der Waals surface area (Å²) in [6, 6.07) is 7.28. The Bertz CT molecular complexity index is 973. The molecule has 2 aromatic carbocycles. The minimum absolute atomic E-state index is 0.0353. The lowest BCUT2D eigenvalue weighted by atomic mass is 9.99. The standard InChI is InChI=1S/C12H11F3O2.C11H11F3O/c1-17-11(16)8-4-5-10(12(13,14)15)9(6-8)7-2-3-7;12-11(13,14)10-4-1-7(6-15)5-9(10)8-2-3-8/h4-7H,2-3H2,1H3;1,4-5,8,15H,2-3,6H2. The van der Waals surface area contributed by atoms with E-state index in [1.807, 2.05) is 0 Å². The summed E-state index contributed by atoms with van der Waals surface area (Å²) >= 11 is 0. The van der Waals surface area contributed by atoms with Crippen LogP contribution in [-0.4, -0.2) is 18.2 Å². The minimum Gasteiger partial charge on any atom is -0.465 e. The average molecular weight is 460 g/mol. The zero-order valence-electron chi connectivity index (χ0n) is 17.2. The molecule has 0 saturated heterocycles. The second-order valence-corrected chi connectivity index (χ2v) is 7.92. The van der Waals surface area contributed by atoms with E-state index >= 15 is 0 Å². The Morgan fingerprint density at radius 2 is 1.34 bits per heavy atom. The number of methoxy groups -OCH3 is 1. The van der Waals surface area contributed by atoms with E-state index in [0.29, 0.717) is 11.1 Å². The number of hydrogen-bond acceptors (Lipinski definition) is 3. The first-order valence-electron chi connectivity index (χ1n) is 10.1. The molecule has 2 aliphatic rings. The monoisotopic (exact) mass is 460 g/mol. The molecule has 0 heterocycles. The van der Waals surface area contributed by atoms with Crippen molar-refractivity contribution in [3.8, 4) is 0 Å². The first kappa shape index (κ1) is 24.1. The lowest BCUT2D eigenvalue weighted by Crippen LogP contribution is -2.11. The fraction of sp³-hybridized carbons (Fsp3) is 0.435. The van der Waals surface area contributed by atoms with Crippen LogP contribution in [-0.2, 0) is 23.7 Å². The van der Waals surface area contributed by atoms with Gasteiger partial charge in [0, 0.05) is 0 Å². The maximum Gasteiger partial charge on any atom is 0.416 e. The van der Waals surface area contributed by atoms with Crippen LogP contribution in [0.4, 0.5) is 26.3 Å². The average Bonchev–Trinajstić information content (AvgIpc) is 3.64. The van der Waals surface area contributed by atoms with Gasteiger partial charge in [0.1, 0.15) is 0 Å². The molecule has 0 bridgehead atoms. The molecule has 0 aromatic heterocycles. The summed E-state index contributed by atoms with van der Waals surface area (Å²) in [4.78, 5) is 11.3. The van der Waals surface area contributed by atoms with Crippen LogP contribution < -0.4 is 0 Å². The molecular weight excluding hydrogens is 438 g/mol. The fourth-order valence-corrected chi connectivity index (χ4v) is 3.50. The zero-order valence-corrected chi connectivity index (χ0v) is 17.2. The number of esters is 1. The van der Waals surface area contributed by atoms with Gasteiger partial charge in [0.15, 0.2) is 0 Å². The summed E-state index contributed by atoms with van der Waals surface area (Å²) in [5, 5.41) is 8.88. The van der Waals surface area contributed by atoms with Crippen LogP contribution in [0.1, 0.15) is 75.7 Å². The smallest absolute Gasteiger partial charge is 0.416 e. The molecule has 0 radical (unpaired) electrons. The van der Waals surface area contributed by atoms with E-state index in [4.69, 9.17) is 5.11 Å². The van der Waals surface area contributed by atoms with Gasteiger partial charge in [0.2, 0.25) is 0 Å². The first-order valence-corrected chi connectivity index (χ1v) is 10.1. The van der Waals surface area contributed by atoms with Crippen LogP contribution in [0.15, 0.2) is 36.4 Å². The number of aliphatic hydroxyl groups is 1. The van der Waals surface area contributed by atoms with Crippen LogP contribution in [0.25, 0.3) is 0 Å². The Balaban J connectivity index is 0.000000182. The van der Waals surface area contributed by atoms with Gasteiger partial charge in [-0.05, 0) is 78.5 Å². The predicted molar refractivity (Wildman–Crippen MR) is 104 cm³/mol. The third kappa shape index (κ3) is 5.82. The SMILES string of the molecule is COC(=O)c1ccc(C(F)(F)F)c(C2CC2)c1.OCc1ccc(C(F)(F)F)c(C2CC2)c1. The van der Waals surface area contributed by atoms with E-state index in [0.717, 1.165) is 43.9 Å². The Kier molecular flexibility index (Phi) is 6.88. The van der Waals surface area contributed by atoms with Gasteiger partial charge in [-0.25, -0.2) is 4.79 Å². The third-order valence-electron chi connectivity index (χ3n) is 5.42. The van der Waals surface area contributed by atoms with Gasteiger partial charge in [-0.15, -0.1) is 0 Å². The first-order chi connectivity index (χ1) is 15.0. The van der Waals surface area contributed by atoms with Crippen LogP contribution in [0.2, 0.25) is 0 Å². The Morgan fingerprint density at radius 1 is 0.875 bits per heavy atom. The van der Waals surface area contributed by atoms with Gasteiger partial charge in [-0.2, -0.15) is 26.3 Å². The van der Waals surface area contributed by atoms with Crippen molar-refractivity contribution >= 4 is 5.97 Å². The van der Waals surface area contributed by atoms with Crippen molar-refractivity contribution in [3.63, 3.8) is 0 Å². The number of hydrogen-bond donors (Lipinski definition) is 1. The summed E-state index contributed by atoms with van der Waals surface area (Å²) in [5.41, 5.74) is 0.0663. The van der Waals surface area contributed by atoms with Gasteiger partial charge >= 0.3 is 18.3 Å². The fourth-order valence-electron chi connectivity index (χ4n) is 3.50. The van der Waals surface area contributed by atoms with Gasteiger partial charge in [0.05, 0.1) is 30.4 Å². The quantitative estimate of drug-likeness (QED) is 0.422. The highest BCUT2D eigenvalue weighted by Gasteiger charge is 2.39. The van der Waals surface area contributed by atoms with E-state index < -0.39 is 29.4 Å². The highest BCUT2D eigenvalue weighted by Crippen LogP contribution is 2.47. The van der Waals surface area contributed by atoms with E-state index in [-0.39, 0.29) is 29.6 Å². The highest BCUT2D eigenvalue weighted by atomic mass is 19.4. The number of alkyl halides is 6. The number of aliphatic hydroxyl groups excluding tert-OH is 1. The number of ether oxygens (including phenoxy) is 1. The van der Waals surface area contributed by atoms with Crippen LogP contribution in [0.5, 0.6) is 0 Å². The summed E-state index contributed by atoms with van der Waals surface area (Å²) in [5.74, 6) is -0.648. The van der Waals surface area contributed by atoms with E-state index in [1.54, 1.807) is 0 Å². The van der Waals surface area contributed by atoms with Crippen LogP contribution in [0, 0.1) is 0 Å². The number of halogens is 6. The normalized spacial score (nSPS) is 16.2. The molecule has 3 nitrogen and oxygen atoms in total. The maximum atomic E-state index is 12.7. The molecule has 2 aliphatic carbocycles. The zero-order chi connectivity index (χ0) is 23.7. The second kappa shape index (κ2) is 9.13. The molecule has 0 unspecified atom stereocenters. The van der Waals surface area contributed by atoms with Crippen LogP contribution >= 0.6 is 0 Å². The van der Waals surface area contributed by atoms with Crippen LogP contribution in [0.3, 0.4) is 0 Å². The van der Waals surface area contributed by atoms with Crippen molar-refractivity contribution < 1.29 is 41.0 Å². The lowest BCUT2D eigenvalue weighted by Gasteiger charge is -2.13. The molecule has 32 heavy (non-hydrogen) atoms. The van der Waals surface area contributed by atoms with Gasteiger partial charge < -0.3 is 9.84 Å². The van der Waals surface area contributed by atoms with Crippen molar-refractivity contribution in [2.45, 2.75) is 56.5 Å². The number of benzene rings is 2. The molecule has 0 atom stereocenters. The molecule has 2 aromatic rings. The third-order valence-corrected chi connectivity index (χ3v) is 5.42. The van der Waals surface area contributed by atoms with E-state index in [2.05, 4.69) is 4.74 Å². The minimum atomic E-state index is -4.37. The molecule has 2 fully saturated rings. The summed E-state index contributed by atoms with van der Waals surface area (Å²) in [7, 11) is 1.21. The molecule has 174 valence electrons. The Labute approximate surface area is 181 Å². The lowest BCUT2D eigenvalue weighted by molar-refractivity contribution is -0.139. The second-order valence-electron chi connectivity index (χ2n) is 7.92. The predicted octanol–water partition coefficient (Wildman–Crippen LogP) is 6.44. The van der Waals surface area contributed by atoms with Gasteiger partial charge in [-0.1, -0.05) is 12.1 Å². The van der Waals surface area contributed by atoms with E-state index in [1.165, 1.54) is 25.3 Å². The van der Waals surface area contributed by atoms with Gasteiger partial charge in [0.25, 0.3) is 0 Å². The molecular formula is C23H22F6O3. The molecule has 0 aliphatic heterocycles. The highest BCUT2D eigenvalue weighted by molar-refractivity contribution is 5.89. The maximum absolute atomic E-state index is 12.7. The molecule has 2 saturated carbocycles. The Morgan fingerprint density at radius 3 is 1.75 bits per heavy atom. The number of carbonyl (C=O) groups is 1. The van der Waals surface area contributed by atoms with Crippen molar-refractivity contribution in [2.24, 2.45) is 0 Å². The van der Waals surface area contributed by atoms with E-state index in [9.17, 15) is 31.1 Å².